The minimum Gasteiger partial charge on any atom is -0.466 e. The second-order valence-corrected chi connectivity index (χ2v) is 18.5. The van der Waals surface area contributed by atoms with Gasteiger partial charge in [0, 0.05) is 21.4 Å². The third-order valence-electron chi connectivity index (χ3n) is 9.77. The fourth-order valence-electron chi connectivity index (χ4n) is 7.91. The second-order valence-electron chi connectivity index (χ2n) is 12.9. The van der Waals surface area contributed by atoms with Crippen LogP contribution in [0.4, 0.5) is 0 Å². The molecule has 0 unspecified atom stereocenters. The zero-order chi connectivity index (χ0) is 23.3. The fourth-order valence-corrected chi connectivity index (χ4v) is 8.62. The SMILES string of the molecule is CC(=O)O[C@H]1CC[C@@]2(C)C(=CC[C@H]3[C@@H]4CC[C@H](C(=O)OCC[Si](C)(C)C)[C@@]4(C)CC[C@@H]32)C1. The van der Waals surface area contributed by atoms with Gasteiger partial charge in [0.2, 0.25) is 0 Å². The highest BCUT2D eigenvalue weighted by Gasteiger charge is 2.60. The number of hydrogen-bond donors (Lipinski definition) is 0. The van der Waals surface area contributed by atoms with E-state index in [9.17, 15) is 9.59 Å². The van der Waals surface area contributed by atoms with Gasteiger partial charge in [-0.3, -0.25) is 9.59 Å². The minimum atomic E-state index is -1.19. The minimum absolute atomic E-state index is 0.0547. The van der Waals surface area contributed by atoms with Crippen LogP contribution in [0.5, 0.6) is 0 Å². The van der Waals surface area contributed by atoms with E-state index in [0.29, 0.717) is 24.4 Å². The molecule has 32 heavy (non-hydrogen) atoms. The van der Waals surface area contributed by atoms with Crippen molar-refractivity contribution < 1.29 is 19.1 Å². The zero-order valence-electron chi connectivity index (χ0n) is 21.2. The lowest BCUT2D eigenvalue weighted by Gasteiger charge is -2.57. The number of rotatable bonds is 5. The molecule has 0 saturated heterocycles. The average molecular weight is 461 g/mol. The maximum Gasteiger partial charge on any atom is 0.309 e. The van der Waals surface area contributed by atoms with Crippen LogP contribution in [0, 0.1) is 34.5 Å². The molecule has 0 bridgehead atoms. The van der Waals surface area contributed by atoms with Crippen LogP contribution in [0.15, 0.2) is 11.6 Å². The fraction of sp³-hybridized carbons (Fsp3) is 0.852. The summed E-state index contributed by atoms with van der Waals surface area (Å²) in [5.41, 5.74) is 1.85. The first-order valence-corrected chi connectivity index (χ1v) is 16.7. The molecule has 0 N–H and O–H groups in total. The van der Waals surface area contributed by atoms with Crippen LogP contribution in [0.1, 0.15) is 72.1 Å². The van der Waals surface area contributed by atoms with Crippen molar-refractivity contribution >= 4 is 20.0 Å². The summed E-state index contributed by atoms with van der Waals surface area (Å²) in [7, 11) is -1.19. The number of fused-ring (bicyclic) bond motifs is 5. The van der Waals surface area contributed by atoms with Crippen molar-refractivity contribution in [1.82, 2.24) is 0 Å². The highest BCUT2D eigenvalue weighted by Crippen LogP contribution is 2.66. The molecular formula is C27H44O4Si. The smallest absolute Gasteiger partial charge is 0.309 e. The molecule has 4 aliphatic rings. The maximum atomic E-state index is 13.1. The Labute approximate surface area is 195 Å². The van der Waals surface area contributed by atoms with Crippen molar-refractivity contribution in [3.63, 3.8) is 0 Å². The summed E-state index contributed by atoms with van der Waals surface area (Å²) in [5, 5.41) is 0. The summed E-state index contributed by atoms with van der Waals surface area (Å²) in [6.07, 6.45) is 11.2. The van der Waals surface area contributed by atoms with E-state index >= 15 is 0 Å². The molecule has 5 heteroatoms. The number of allylic oxidation sites excluding steroid dienone is 1. The van der Waals surface area contributed by atoms with Gasteiger partial charge in [-0.2, -0.15) is 0 Å². The Hall–Kier alpha value is -1.10. The van der Waals surface area contributed by atoms with Crippen LogP contribution < -0.4 is 0 Å². The molecule has 180 valence electrons. The van der Waals surface area contributed by atoms with Gasteiger partial charge in [0.15, 0.2) is 0 Å². The maximum absolute atomic E-state index is 13.1. The largest absolute Gasteiger partial charge is 0.466 e. The van der Waals surface area contributed by atoms with Gasteiger partial charge in [-0.25, -0.2) is 0 Å². The number of carbonyl (C=O) groups is 2. The van der Waals surface area contributed by atoms with Crippen molar-refractivity contribution in [3.05, 3.63) is 11.6 Å². The normalized spacial score (nSPS) is 41.1. The number of carbonyl (C=O) groups excluding carboxylic acids is 2. The van der Waals surface area contributed by atoms with E-state index in [1.807, 2.05) is 0 Å². The first kappa shape index (κ1) is 24.0. The Balaban J connectivity index is 1.46. The summed E-state index contributed by atoms with van der Waals surface area (Å²) < 4.78 is 11.4. The first-order valence-electron chi connectivity index (χ1n) is 13.0. The summed E-state index contributed by atoms with van der Waals surface area (Å²) >= 11 is 0. The van der Waals surface area contributed by atoms with E-state index in [1.54, 1.807) is 0 Å². The zero-order valence-corrected chi connectivity index (χ0v) is 22.2. The lowest BCUT2D eigenvalue weighted by Crippen LogP contribution is -2.51. The van der Waals surface area contributed by atoms with Crippen LogP contribution in [0.3, 0.4) is 0 Å². The van der Waals surface area contributed by atoms with Crippen molar-refractivity contribution in [2.24, 2.45) is 34.5 Å². The van der Waals surface area contributed by atoms with E-state index in [-0.39, 0.29) is 34.8 Å². The average Bonchev–Trinajstić information content (AvgIpc) is 3.04. The molecular weight excluding hydrogens is 416 g/mol. The summed E-state index contributed by atoms with van der Waals surface area (Å²) in [4.78, 5) is 24.6. The lowest BCUT2D eigenvalue weighted by molar-refractivity contribution is -0.156. The summed E-state index contributed by atoms with van der Waals surface area (Å²) in [6, 6.07) is 1.05. The van der Waals surface area contributed by atoms with Gasteiger partial charge in [-0.1, -0.05) is 45.1 Å². The highest BCUT2D eigenvalue weighted by atomic mass is 28.3. The van der Waals surface area contributed by atoms with Crippen LogP contribution in [0.25, 0.3) is 0 Å². The molecule has 0 radical (unpaired) electrons. The highest BCUT2D eigenvalue weighted by molar-refractivity contribution is 6.76. The van der Waals surface area contributed by atoms with Crippen LogP contribution in [-0.4, -0.2) is 32.7 Å². The van der Waals surface area contributed by atoms with Crippen molar-refractivity contribution in [2.75, 3.05) is 6.61 Å². The first-order chi connectivity index (χ1) is 14.9. The number of esters is 2. The summed E-state index contributed by atoms with van der Waals surface area (Å²) in [5.74, 6) is 1.99. The lowest BCUT2D eigenvalue weighted by atomic mass is 9.47. The number of ether oxygens (including phenoxy) is 2. The predicted octanol–water partition coefficient (Wildman–Crippen LogP) is 6.38. The van der Waals surface area contributed by atoms with E-state index in [0.717, 1.165) is 44.6 Å². The Morgan fingerprint density at radius 3 is 2.50 bits per heavy atom. The molecule has 0 aromatic heterocycles. The second kappa shape index (κ2) is 8.59. The molecule has 4 nitrogen and oxygen atoms in total. The quantitative estimate of drug-likeness (QED) is 0.271. The monoisotopic (exact) mass is 460 g/mol. The van der Waals surface area contributed by atoms with Gasteiger partial charge in [0.1, 0.15) is 6.10 Å². The molecule has 7 atom stereocenters. The van der Waals surface area contributed by atoms with Crippen molar-refractivity contribution in [1.29, 1.82) is 0 Å². The van der Waals surface area contributed by atoms with Gasteiger partial charge in [-0.15, -0.1) is 0 Å². The van der Waals surface area contributed by atoms with Gasteiger partial charge in [0.05, 0.1) is 12.5 Å². The molecule has 0 spiro atoms. The van der Waals surface area contributed by atoms with Crippen LogP contribution >= 0.6 is 0 Å². The molecule has 0 amide bonds. The molecule has 0 aromatic rings. The van der Waals surface area contributed by atoms with Gasteiger partial charge in [-0.05, 0) is 79.6 Å². The summed E-state index contributed by atoms with van der Waals surface area (Å²) in [6.45, 7) is 14.0. The van der Waals surface area contributed by atoms with Gasteiger partial charge in [0.25, 0.3) is 0 Å². The third kappa shape index (κ3) is 4.35. The van der Waals surface area contributed by atoms with Crippen molar-refractivity contribution in [3.8, 4) is 0 Å². The Morgan fingerprint density at radius 1 is 1.06 bits per heavy atom. The van der Waals surface area contributed by atoms with Crippen molar-refractivity contribution in [2.45, 2.75) is 104 Å². The molecule has 3 saturated carbocycles. The van der Waals surface area contributed by atoms with E-state index in [2.05, 4.69) is 39.6 Å². The van der Waals surface area contributed by atoms with Gasteiger partial charge < -0.3 is 9.47 Å². The third-order valence-corrected chi connectivity index (χ3v) is 11.5. The topological polar surface area (TPSA) is 52.6 Å². The molecule has 0 heterocycles. The predicted molar refractivity (Wildman–Crippen MR) is 130 cm³/mol. The Bertz CT molecular complexity index is 783. The molecule has 3 fully saturated rings. The molecule has 4 rings (SSSR count). The Kier molecular flexibility index (Phi) is 6.46. The van der Waals surface area contributed by atoms with E-state index < -0.39 is 8.07 Å². The molecule has 0 aromatic carbocycles. The van der Waals surface area contributed by atoms with Gasteiger partial charge >= 0.3 is 11.9 Å². The molecule has 0 aliphatic heterocycles. The standard InChI is InChI=1S/C27H44O4Si/c1-18(28)31-20-11-13-26(2)19(17-20)7-8-21-22-9-10-24(27(22,3)14-12-23(21)26)25(29)30-15-16-32(4,5)6/h7,20-24H,8-17H2,1-6H3/t20-,21-,22-,23-,24+,26-,27-/m0/s1. The van der Waals surface area contributed by atoms with E-state index in [4.69, 9.17) is 9.47 Å². The van der Waals surface area contributed by atoms with E-state index in [1.165, 1.54) is 25.3 Å². The Morgan fingerprint density at radius 2 is 1.81 bits per heavy atom. The number of hydrogen-bond acceptors (Lipinski definition) is 4. The van der Waals surface area contributed by atoms with Crippen LogP contribution in [-0.2, 0) is 19.1 Å². The molecule has 4 aliphatic carbocycles. The van der Waals surface area contributed by atoms with Crippen LogP contribution in [0.2, 0.25) is 25.7 Å².